The summed E-state index contributed by atoms with van der Waals surface area (Å²) in [6.07, 6.45) is 0.619. The first-order chi connectivity index (χ1) is 10.0. The van der Waals surface area contributed by atoms with Crippen LogP contribution in [0.25, 0.3) is 0 Å². The van der Waals surface area contributed by atoms with Gasteiger partial charge in [0.15, 0.2) is 0 Å². The summed E-state index contributed by atoms with van der Waals surface area (Å²) in [5.74, 6) is 0. The maximum Gasteiger partial charge on any atom is 0.407 e. The molecule has 1 saturated heterocycles. The number of carbonyl (C=O) groups excluding carboxylic acids is 1. The van der Waals surface area contributed by atoms with Crippen LogP contribution in [-0.2, 0) is 9.47 Å². The smallest absolute Gasteiger partial charge is 0.407 e. The van der Waals surface area contributed by atoms with E-state index < -0.39 is 5.60 Å². The molecule has 6 heteroatoms. The van der Waals surface area contributed by atoms with Crippen molar-refractivity contribution in [3.63, 3.8) is 0 Å². The van der Waals surface area contributed by atoms with E-state index in [-0.39, 0.29) is 23.8 Å². The Balaban J connectivity index is 2.43. The summed E-state index contributed by atoms with van der Waals surface area (Å²) >= 11 is 0. The Morgan fingerprint density at radius 3 is 2.64 bits per heavy atom. The molecule has 22 heavy (non-hydrogen) atoms. The molecule has 1 heterocycles. The van der Waals surface area contributed by atoms with Gasteiger partial charge in [-0.3, -0.25) is 4.90 Å². The van der Waals surface area contributed by atoms with Crippen LogP contribution in [0.1, 0.15) is 48.0 Å². The molecule has 0 aromatic carbocycles. The zero-order valence-corrected chi connectivity index (χ0v) is 14.9. The number of amides is 1. The standard InChI is InChI=1S/C16H33N3O3/c1-12-10-19(11-16(5,6)21-12)13(9-17)7-8-18-14(20)22-15(2,3)4/h12-13H,7-11,17H2,1-6H3,(H,18,20). The fourth-order valence-corrected chi connectivity index (χ4v) is 2.89. The molecular weight excluding hydrogens is 282 g/mol. The fourth-order valence-electron chi connectivity index (χ4n) is 2.89. The van der Waals surface area contributed by atoms with Crippen molar-refractivity contribution in [3.8, 4) is 0 Å². The summed E-state index contributed by atoms with van der Waals surface area (Å²) < 4.78 is 11.2. The van der Waals surface area contributed by atoms with Crippen LogP contribution in [0.5, 0.6) is 0 Å². The third-order valence-corrected chi connectivity index (χ3v) is 3.53. The van der Waals surface area contributed by atoms with E-state index >= 15 is 0 Å². The minimum Gasteiger partial charge on any atom is -0.444 e. The zero-order chi connectivity index (χ0) is 17.0. The molecule has 1 amide bonds. The number of nitrogens with two attached hydrogens (primary N) is 1. The van der Waals surface area contributed by atoms with Gasteiger partial charge in [0.1, 0.15) is 5.60 Å². The number of morpholine rings is 1. The molecule has 1 rings (SSSR count). The molecule has 0 aromatic rings. The van der Waals surface area contributed by atoms with Crippen molar-refractivity contribution >= 4 is 6.09 Å². The maximum atomic E-state index is 11.7. The number of nitrogens with zero attached hydrogens (tertiary/aromatic N) is 1. The van der Waals surface area contributed by atoms with Crippen LogP contribution in [0.15, 0.2) is 0 Å². The lowest BCUT2D eigenvalue weighted by Crippen LogP contribution is -2.57. The minimum atomic E-state index is -0.471. The summed E-state index contributed by atoms with van der Waals surface area (Å²) in [6.45, 7) is 14.7. The number of ether oxygens (including phenoxy) is 2. The lowest BCUT2D eigenvalue weighted by molar-refractivity contribution is -0.137. The number of carbonyl (C=O) groups is 1. The largest absolute Gasteiger partial charge is 0.444 e. The monoisotopic (exact) mass is 315 g/mol. The highest BCUT2D eigenvalue weighted by atomic mass is 16.6. The molecule has 2 unspecified atom stereocenters. The van der Waals surface area contributed by atoms with Gasteiger partial charge in [-0.05, 0) is 48.0 Å². The van der Waals surface area contributed by atoms with Gasteiger partial charge in [-0.1, -0.05) is 0 Å². The molecule has 0 aliphatic carbocycles. The van der Waals surface area contributed by atoms with E-state index in [0.29, 0.717) is 13.1 Å². The van der Waals surface area contributed by atoms with Crippen LogP contribution in [0.2, 0.25) is 0 Å². The maximum absolute atomic E-state index is 11.7. The molecule has 3 N–H and O–H groups in total. The third kappa shape index (κ3) is 6.94. The highest BCUT2D eigenvalue weighted by Crippen LogP contribution is 2.23. The van der Waals surface area contributed by atoms with Crippen LogP contribution in [0.3, 0.4) is 0 Å². The first-order valence-corrected chi connectivity index (χ1v) is 8.11. The summed E-state index contributed by atoms with van der Waals surface area (Å²) in [6, 6.07) is 0.237. The Kier molecular flexibility index (Phi) is 6.65. The van der Waals surface area contributed by atoms with Gasteiger partial charge in [0, 0.05) is 32.2 Å². The van der Waals surface area contributed by atoms with Crippen molar-refractivity contribution in [2.45, 2.75) is 71.3 Å². The van der Waals surface area contributed by atoms with E-state index in [9.17, 15) is 4.79 Å². The number of nitrogens with one attached hydrogen (secondary N) is 1. The van der Waals surface area contributed by atoms with Gasteiger partial charge in [-0.25, -0.2) is 4.79 Å². The Morgan fingerprint density at radius 1 is 1.50 bits per heavy atom. The Morgan fingerprint density at radius 2 is 2.14 bits per heavy atom. The highest BCUT2D eigenvalue weighted by molar-refractivity contribution is 5.67. The fraction of sp³-hybridized carbons (Fsp3) is 0.938. The molecular formula is C16H33N3O3. The van der Waals surface area contributed by atoms with Crippen LogP contribution in [-0.4, -0.2) is 60.5 Å². The van der Waals surface area contributed by atoms with Crippen LogP contribution in [0.4, 0.5) is 4.79 Å². The van der Waals surface area contributed by atoms with Gasteiger partial charge in [-0.2, -0.15) is 0 Å². The second kappa shape index (κ2) is 7.62. The van der Waals surface area contributed by atoms with Crippen LogP contribution < -0.4 is 11.1 Å². The van der Waals surface area contributed by atoms with Gasteiger partial charge in [0.25, 0.3) is 0 Å². The quantitative estimate of drug-likeness (QED) is 0.808. The number of hydrogen-bond donors (Lipinski definition) is 2. The van der Waals surface area contributed by atoms with Gasteiger partial charge >= 0.3 is 6.09 Å². The summed E-state index contributed by atoms with van der Waals surface area (Å²) in [5, 5.41) is 2.80. The van der Waals surface area contributed by atoms with Gasteiger partial charge in [-0.15, -0.1) is 0 Å². The van der Waals surface area contributed by atoms with E-state index in [1.54, 1.807) is 0 Å². The molecule has 1 aliphatic heterocycles. The van der Waals surface area contributed by atoms with Crippen molar-refractivity contribution in [3.05, 3.63) is 0 Å². The average Bonchev–Trinajstić information content (AvgIpc) is 2.29. The lowest BCUT2D eigenvalue weighted by Gasteiger charge is -2.45. The lowest BCUT2D eigenvalue weighted by atomic mass is 10.0. The molecule has 0 spiro atoms. The van der Waals surface area contributed by atoms with E-state index in [4.69, 9.17) is 15.2 Å². The molecule has 130 valence electrons. The normalized spacial score (nSPS) is 23.9. The highest BCUT2D eigenvalue weighted by Gasteiger charge is 2.34. The van der Waals surface area contributed by atoms with Crippen molar-refractivity contribution < 1.29 is 14.3 Å². The number of hydrogen-bond acceptors (Lipinski definition) is 5. The van der Waals surface area contributed by atoms with Crippen molar-refractivity contribution in [2.24, 2.45) is 5.73 Å². The van der Waals surface area contributed by atoms with E-state index in [0.717, 1.165) is 19.5 Å². The van der Waals surface area contributed by atoms with E-state index in [1.165, 1.54) is 0 Å². The molecule has 1 fully saturated rings. The summed E-state index contributed by atoms with van der Waals surface area (Å²) in [7, 11) is 0. The Hall–Kier alpha value is -0.850. The number of rotatable bonds is 5. The second-order valence-electron chi connectivity index (χ2n) is 7.72. The average molecular weight is 315 g/mol. The summed E-state index contributed by atoms with van der Waals surface area (Å²) in [4.78, 5) is 14.0. The molecule has 6 nitrogen and oxygen atoms in total. The van der Waals surface area contributed by atoms with E-state index in [1.807, 2.05) is 20.8 Å². The third-order valence-electron chi connectivity index (χ3n) is 3.53. The predicted molar refractivity (Wildman–Crippen MR) is 87.9 cm³/mol. The van der Waals surface area contributed by atoms with Crippen molar-refractivity contribution in [2.75, 3.05) is 26.2 Å². The van der Waals surface area contributed by atoms with Gasteiger partial charge < -0.3 is 20.5 Å². The second-order valence-corrected chi connectivity index (χ2v) is 7.72. The Bertz CT molecular complexity index is 366. The summed E-state index contributed by atoms with van der Waals surface area (Å²) in [5.41, 5.74) is 5.30. The molecule has 1 aliphatic rings. The molecule has 0 radical (unpaired) electrons. The molecule has 0 aromatic heterocycles. The first-order valence-electron chi connectivity index (χ1n) is 8.11. The molecule has 0 saturated carbocycles. The SMILES string of the molecule is CC1CN(C(CN)CCNC(=O)OC(C)(C)C)CC(C)(C)O1. The topological polar surface area (TPSA) is 76.8 Å². The Labute approximate surface area is 134 Å². The van der Waals surface area contributed by atoms with Gasteiger partial charge in [0.05, 0.1) is 11.7 Å². The zero-order valence-electron chi connectivity index (χ0n) is 14.9. The minimum absolute atomic E-state index is 0.163. The predicted octanol–water partition coefficient (Wildman–Crippen LogP) is 1.73. The van der Waals surface area contributed by atoms with E-state index in [2.05, 4.69) is 31.0 Å². The van der Waals surface area contributed by atoms with Crippen LogP contribution >= 0.6 is 0 Å². The first kappa shape index (κ1) is 19.2. The molecule has 0 bridgehead atoms. The van der Waals surface area contributed by atoms with Crippen molar-refractivity contribution in [1.29, 1.82) is 0 Å². The van der Waals surface area contributed by atoms with Crippen LogP contribution in [0, 0.1) is 0 Å². The number of alkyl carbamates (subject to hydrolysis) is 1. The van der Waals surface area contributed by atoms with Crippen molar-refractivity contribution in [1.82, 2.24) is 10.2 Å². The molecule has 2 atom stereocenters. The van der Waals surface area contributed by atoms with Gasteiger partial charge in [0.2, 0.25) is 0 Å².